The summed E-state index contributed by atoms with van der Waals surface area (Å²) in [6.07, 6.45) is 1.53. The highest BCUT2D eigenvalue weighted by Gasteiger charge is 2.35. The Morgan fingerprint density at radius 2 is 1.82 bits per heavy atom. The van der Waals surface area contributed by atoms with Crippen LogP contribution in [-0.4, -0.2) is 31.3 Å². The molecule has 2 aromatic carbocycles. The van der Waals surface area contributed by atoms with Crippen molar-refractivity contribution in [1.29, 1.82) is 0 Å². The molecule has 1 heterocycles. The number of halogens is 1. The number of anilines is 1. The Morgan fingerprint density at radius 3 is 2.46 bits per heavy atom. The highest BCUT2D eigenvalue weighted by molar-refractivity contribution is 7.92. The van der Waals surface area contributed by atoms with Gasteiger partial charge in [-0.15, -0.1) is 0 Å². The summed E-state index contributed by atoms with van der Waals surface area (Å²) in [6.45, 7) is 3.64. The number of hydrogen-bond acceptors (Lipinski definition) is 4. The highest BCUT2D eigenvalue weighted by Crippen LogP contribution is 2.38. The zero-order valence-electron chi connectivity index (χ0n) is 15.9. The van der Waals surface area contributed by atoms with Crippen molar-refractivity contribution in [2.75, 3.05) is 11.0 Å². The fraction of sp³-hybridized carbons (Fsp3) is 0.300. The van der Waals surface area contributed by atoms with Gasteiger partial charge < -0.3 is 0 Å². The van der Waals surface area contributed by atoms with Crippen LogP contribution in [0.1, 0.15) is 37.4 Å². The van der Waals surface area contributed by atoms with Crippen LogP contribution in [0.5, 0.6) is 0 Å². The summed E-state index contributed by atoms with van der Waals surface area (Å²) in [5.74, 6) is -0.356. The number of benzene rings is 2. The summed E-state index contributed by atoms with van der Waals surface area (Å²) in [7, 11) is -3.45. The molecule has 1 unspecified atom stereocenters. The second-order valence-electron chi connectivity index (χ2n) is 7.05. The molecule has 0 aromatic heterocycles. The molecule has 1 aliphatic rings. The van der Waals surface area contributed by atoms with E-state index in [0.29, 0.717) is 28.4 Å². The van der Waals surface area contributed by atoms with Crippen molar-refractivity contribution >= 4 is 38.9 Å². The van der Waals surface area contributed by atoms with Crippen LogP contribution in [0.4, 0.5) is 5.69 Å². The minimum atomic E-state index is -3.45. The molecule has 0 spiro atoms. The molecule has 1 aliphatic heterocycles. The van der Waals surface area contributed by atoms with E-state index in [0.717, 1.165) is 11.8 Å². The standard InChI is InChI=1S/C20H22ClN3O3S/c1-13(2)20(25)24-19(14-8-4-6-10-16(14)21)12-18(22-24)15-9-5-7-11-17(15)23-28(3,26)27/h4-11,13,19,23H,12H2,1-3H3. The number of nitrogens with one attached hydrogen (secondary N) is 1. The third-order valence-corrected chi connectivity index (χ3v) is 5.36. The summed E-state index contributed by atoms with van der Waals surface area (Å²) in [6, 6.07) is 14.1. The Labute approximate surface area is 170 Å². The van der Waals surface area contributed by atoms with Gasteiger partial charge in [0.1, 0.15) is 0 Å². The maximum Gasteiger partial charge on any atom is 0.245 e. The number of hydrogen-bond donors (Lipinski definition) is 1. The first kappa shape index (κ1) is 20.4. The van der Waals surface area contributed by atoms with Gasteiger partial charge in [0.05, 0.1) is 23.7 Å². The Hall–Kier alpha value is -2.38. The minimum Gasteiger partial charge on any atom is -0.283 e. The first-order valence-corrected chi connectivity index (χ1v) is 11.2. The molecule has 6 nitrogen and oxygen atoms in total. The van der Waals surface area contributed by atoms with E-state index >= 15 is 0 Å². The lowest BCUT2D eigenvalue weighted by molar-refractivity contribution is -0.136. The van der Waals surface area contributed by atoms with Crippen LogP contribution in [0.25, 0.3) is 0 Å². The summed E-state index contributed by atoms with van der Waals surface area (Å²) < 4.78 is 26.0. The molecule has 1 amide bonds. The van der Waals surface area contributed by atoms with E-state index in [-0.39, 0.29) is 17.9 Å². The van der Waals surface area contributed by atoms with Gasteiger partial charge in [-0.25, -0.2) is 13.4 Å². The molecule has 0 bridgehead atoms. The van der Waals surface area contributed by atoms with Crippen LogP contribution in [0.15, 0.2) is 53.6 Å². The molecule has 0 saturated heterocycles. The molecular weight excluding hydrogens is 398 g/mol. The van der Waals surface area contributed by atoms with E-state index in [1.165, 1.54) is 5.01 Å². The summed E-state index contributed by atoms with van der Waals surface area (Å²) in [4.78, 5) is 12.8. The average Bonchev–Trinajstić information content (AvgIpc) is 3.05. The van der Waals surface area contributed by atoms with Gasteiger partial charge in [0, 0.05) is 22.9 Å². The molecule has 8 heteroatoms. The van der Waals surface area contributed by atoms with Gasteiger partial charge in [-0.1, -0.05) is 61.8 Å². The maximum absolute atomic E-state index is 12.8. The zero-order valence-corrected chi connectivity index (χ0v) is 17.5. The molecule has 1 N–H and O–H groups in total. The van der Waals surface area contributed by atoms with Gasteiger partial charge in [-0.3, -0.25) is 9.52 Å². The number of carbonyl (C=O) groups excluding carboxylic acids is 1. The Kier molecular flexibility index (Phi) is 5.76. The third kappa shape index (κ3) is 4.36. The van der Waals surface area contributed by atoms with Gasteiger partial charge >= 0.3 is 0 Å². The monoisotopic (exact) mass is 419 g/mol. The van der Waals surface area contributed by atoms with Crippen molar-refractivity contribution in [1.82, 2.24) is 5.01 Å². The lowest BCUT2D eigenvalue weighted by atomic mass is 9.97. The summed E-state index contributed by atoms with van der Waals surface area (Å²) >= 11 is 6.39. The van der Waals surface area contributed by atoms with E-state index < -0.39 is 10.0 Å². The Morgan fingerprint density at radius 1 is 1.18 bits per heavy atom. The fourth-order valence-corrected chi connectivity index (χ4v) is 3.99. The quantitative estimate of drug-likeness (QED) is 0.794. The second-order valence-corrected chi connectivity index (χ2v) is 9.20. The van der Waals surface area contributed by atoms with Crippen molar-refractivity contribution < 1.29 is 13.2 Å². The molecule has 0 aliphatic carbocycles. The molecule has 0 radical (unpaired) electrons. The maximum atomic E-state index is 12.8. The van der Waals surface area contributed by atoms with E-state index in [2.05, 4.69) is 9.82 Å². The van der Waals surface area contributed by atoms with Crippen molar-refractivity contribution in [3.63, 3.8) is 0 Å². The van der Waals surface area contributed by atoms with Crippen LogP contribution in [0, 0.1) is 5.92 Å². The molecule has 28 heavy (non-hydrogen) atoms. The van der Waals surface area contributed by atoms with Crippen molar-refractivity contribution in [2.45, 2.75) is 26.3 Å². The van der Waals surface area contributed by atoms with Crippen molar-refractivity contribution in [3.05, 3.63) is 64.7 Å². The minimum absolute atomic E-state index is 0.117. The van der Waals surface area contributed by atoms with E-state index in [9.17, 15) is 13.2 Å². The lowest BCUT2D eigenvalue weighted by Gasteiger charge is -2.24. The van der Waals surface area contributed by atoms with E-state index in [4.69, 9.17) is 11.6 Å². The van der Waals surface area contributed by atoms with Crippen molar-refractivity contribution in [2.24, 2.45) is 11.0 Å². The first-order valence-electron chi connectivity index (χ1n) is 8.89. The van der Waals surface area contributed by atoms with Crippen molar-refractivity contribution in [3.8, 4) is 0 Å². The van der Waals surface area contributed by atoms with Crippen LogP contribution in [0.3, 0.4) is 0 Å². The van der Waals surface area contributed by atoms with Gasteiger partial charge in [0.15, 0.2) is 0 Å². The van der Waals surface area contributed by atoms with Gasteiger partial charge in [-0.05, 0) is 17.7 Å². The van der Waals surface area contributed by atoms with Crippen LogP contribution >= 0.6 is 11.6 Å². The Bertz CT molecular complexity index is 1030. The van der Waals surface area contributed by atoms with E-state index in [1.54, 1.807) is 24.3 Å². The molecule has 0 saturated carbocycles. The number of rotatable bonds is 5. The van der Waals surface area contributed by atoms with Gasteiger partial charge in [0.2, 0.25) is 15.9 Å². The SMILES string of the molecule is CC(C)C(=O)N1N=C(c2ccccc2NS(C)(=O)=O)CC1c1ccccc1Cl. The lowest BCUT2D eigenvalue weighted by Crippen LogP contribution is -2.30. The molecular formula is C20H22ClN3O3S. The average molecular weight is 420 g/mol. The molecule has 0 fully saturated rings. The summed E-state index contributed by atoms with van der Waals surface area (Å²) in [5, 5.41) is 6.61. The molecule has 1 atom stereocenters. The number of amides is 1. The number of sulfonamides is 1. The number of carbonyl (C=O) groups is 1. The molecule has 2 aromatic rings. The van der Waals surface area contributed by atoms with Crippen LogP contribution < -0.4 is 4.72 Å². The Balaban J connectivity index is 2.05. The number of nitrogens with zero attached hydrogens (tertiary/aromatic N) is 2. The predicted octanol–water partition coefficient (Wildman–Crippen LogP) is 4.05. The topological polar surface area (TPSA) is 78.8 Å². The first-order chi connectivity index (χ1) is 13.2. The van der Waals surface area contributed by atoms with Gasteiger partial charge in [-0.2, -0.15) is 5.10 Å². The normalized spacial score (nSPS) is 17.0. The third-order valence-electron chi connectivity index (χ3n) is 4.43. The zero-order chi connectivity index (χ0) is 20.5. The smallest absolute Gasteiger partial charge is 0.245 e. The second kappa shape index (κ2) is 7.93. The summed E-state index contributed by atoms with van der Waals surface area (Å²) in [5.41, 5.74) is 2.51. The van der Waals surface area contributed by atoms with E-state index in [1.807, 2.05) is 38.1 Å². The largest absolute Gasteiger partial charge is 0.283 e. The molecule has 3 rings (SSSR count). The number of hydrazone groups is 1. The van der Waals surface area contributed by atoms with Crippen LogP contribution in [-0.2, 0) is 14.8 Å². The fourth-order valence-electron chi connectivity index (χ4n) is 3.15. The number of para-hydroxylation sites is 1. The predicted molar refractivity (Wildman–Crippen MR) is 112 cm³/mol. The highest BCUT2D eigenvalue weighted by atomic mass is 35.5. The van der Waals surface area contributed by atoms with Gasteiger partial charge in [0.25, 0.3) is 0 Å². The van der Waals surface area contributed by atoms with Crippen LogP contribution in [0.2, 0.25) is 5.02 Å². The molecule has 148 valence electrons.